The lowest BCUT2D eigenvalue weighted by atomic mass is 10.1. The van der Waals surface area contributed by atoms with Gasteiger partial charge in [0.15, 0.2) is 0 Å². The molecule has 3 aromatic rings. The molecule has 0 aliphatic carbocycles. The van der Waals surface area contributed by atoms with Crippen LogP contribution < -0.4 is 20.8 Å². The number of anilines is 1. The summed E-state index contributed by atoms with van der Waals surface area (Å²) < 4.78 is 0.592. The third-order valence-corrected chi connectivity index (χ3v) is 3.81. The minimum Gasteiger partial charge on any atom is -0.857 e. The van der Waals surface area contributed by atoms with Crippen molar-refractivity contribution in [2.24, 2.45) is 0 Å². The molecule has 0 fully saturated rings. The molecular weight excluding hydrogens is 308 g/mol. The minimum absolute atomic E-state index is 0.129. The largest absolute Gasteiger partial charge is 0.857 e. The van der Waals surface area contributed by atoms with Crippen molar-refractivity contribution in [2.45, 2.75) is 6.92 Å². The van der Waals surface area contributed by atoms with Crippen LogP contribution in [-0.2, 0) is 0 Å². The number of rotatable bonds is 3. The zero-order chi connectivity index (χ0) is 17.3. The summed E-state index contributed by atoms with van der Waals surface area (Å²) >= 11 is 0. The summed E-state index contributed by atoms with van der Waals surface area (Å²) in [4.78, 5) is 29.8. The van der Waals surface area contributed by atoms with Crippen molar-refractivity contribution < 1.29 is 14.7 Å². The maximum atomic E-state index is 12.7. The van der Waals surface area contributed by atoms with Crippen LogP contribution in [0.15, 0.2) is 53.3 Å². The number of hydrogen-bond acceptors (Lipinski definition) is 4. The lowest BCUT2D eigenvalue weighted by Gasteiger charge is -2.21. The molecule has 6 heteroatoms. The number of nitrogens with zero attached hydrogens (tertiary/aromatic N) is 1. The van der Waals surface area contributed by atoms with E-state index in [4.69, 9.17) is 4.84 Å². The predicted molar refractivity (Wildman–Crippen MR) is 89.3 cm³/mol. The number of aryl methyl sites for hydroxylation is 1. The Morgan fingerprint density at radius 1 is 1.08 bits per heavy atom. The maximum absolute atomic E-state index is 12.7. The molecule has 0 aliphatic rings. The molecule has 122 valence electrons. The summed E-state index contributed by atoms with van der Waals surface area (Å²) in [5.41, 5.74) is 0.740. The molecule has 3 rings (SSSR count). The molecule has 1 aromatic heterocycles. The monoisotopic (exact) mass is 323 g/mol. The van der Waals surface area contributed by atoms with Gasteiger partial charge in [0.05, 0.1) is 10.9 Å². The molecule has 1 N–H and O–H groups in total. The van der Waals surface area contributed by atoms with E-state index in [2.05, 4.69) is 5.32 Å². The Balaban J connectivity index is 2.20. The average Bonchev–Trinajstić information content (AvgIpc) is 2.57. The molecule has 2 aromatic carbocycles. The molecule has 1 amide bonds. The summed E-state index contributed by atoms with van der Waals surface area (Å²) in [6.45, 7) is 1.85. The number of nitrogens with one attached hydrogen (secondary N) is 1. The fourth-order valence-electron chi connectivity index (χ4n) is 2.59. The van der Waals surface area contributed by atoms with E-state index in [1.165, 1.54) is 7.11 Å². The molecule has 24 heavy (non-hydrogen) atoms. The van der Waals surface area contributed by atoms with Crippen molar-refractivity contribution in [1.29, 1.82) is 0 Å². The smallest absolute Gasteiger partial charge is 0.290 e. The van der Waals surface area contributed by atoms with Crippen molar-refractivity contribution in [3.63, 3.8) is 0 Å². The SMILES string of the molecule is COn1c([O-])c(C(=O)Nc2ccccc2C)c2ccccc2c1=O. The van der Waals surface area contributed by atoms with E-state index in [0.29, 0.717) is 15.8 Å². The highest BCUT2D eigenvalue weighted by molar-refractivity contribution is 6.14. The van der Waals surface area contributed by atoms with Gasteiger partial charge < -0.3 is 15.3 Å². The Kier molecular flexibility index (Phi) is 3.95. The molecular formula is C18H15N2O4-. The summed E-state index contributed by atoms with van der Waals surface area (Å²) in [5, 5.41) is 15.8. The van der Waals surface area contributed by atoms with Crippen LogP contribution in [0.2, 0.25) is 0 Å². The molecule has 0 unspecified atom stereocenters. The van der Waals surface area contributed by atoms with Crippen molar-refractivity contribution in [3.05, 3.63) is 70.0 Å². The standard InChI is InChI=1S/C18H16N2O4/c1-11-7-3-6-10-14(11)19-16(21)15-12-8-4-5-9-13(12)17(22)20(24-2)18(15)23/h3-10,23H,1-2H3,(H,19,21)/p-1. The molecule has 0 atom stereocenters. The van der Waals surface area contributed by atoms with Crippen LogP contribution in [-0.4, -0.2) is 17.7 Å². The van der Waals surface area contributed by atoms with Gasteiger partial charge in [0.25, 0.3) is 11.5 Å². The summed E-state index contributed by atoms with van der Waals surface area (Å²) in [5.74, 6) is -1.37. The number of hydrogen-bond donors (Lipinski definition) is 1. The minimum atomic E-state index is -0.785. The van der Waals surface area contributed by atoms with E-state index in [9.17, 15) is 14.7 Å². The number of benzene rings is 2. The first kappa shape index (κ1) is 15.6. The van der Waals surface area contributed by atoms with Crippen molar-refractivity contribution in [1.82, 2.24) is 4.73 Å². The Morgan fingerprint density at radius 2 is 1.71 bits per heavy atom. The number of para-hydroxylation sites is 1. The Bertz CT molecular complexity index is 992. The first-order chi connectivity index (χ1) is 11.5. The third kappa shape index (κ3) is 2.48. The summed E-state index contributed by atoms with van der Waals surface area (Å²) in [6, 6.07) is 13.7. The van der Waals surface area contributed by atoms with Crippen LogP contribution in [0.4, 0.5) is 5.69 Å². The van der Waals surface area contributed by atoms with Crippen LogP contribution >= 0.6 is 0 Å². The highest BCUT2D eigenvalue weighted by Crippen LogP contribution is 2.24. The van der Waals surface area contributed by atoms with Crippen molar-refractivity contribution in [2.75, 3.05) is 12.4 Å². The molecule has 0 radical (unpaired) electrons. The molecule has 0 spiro atoms. The highest BCUT2D eigenvalue weighted by atomic mass is 16.7. The van der Waals surface area contributed by atoms with Crippen LogP contribution in [0, 0.1) is 6.92 Å². The van der Waals surface area contributed by atoms with Crippen LogP contribution in [0.25, 0.3) is 10.8 Å². The second-order valence-corrected chi connectivity index (χ2v) is 5.28. The molecule has 0 aliphatic heterocycles. The van der Waals surface area contributed by atoms with Gasteiger partial charge in [-0.3, -0.25) is 9.59 Å². The lowest BCUT2D eigenvalue weighted by Crippen LogP contribution is -2.31. The summed E-state index contributed by atoms with van der Waals surface area (Å²) in [6.07, 6.45) is 0. The Labute approximate surface area is 137 Å². The second kappa shape index (κ2) is 6.08. The molecule has 6 nitrogen and oxygen atoms in total. The highest BCUT2D eigenvalue weighted by Gasteiger charge is 2.18. The van der Waals surface area contributed by atoms with E-state index < -0.39 is 17.3 Å². The van der Waals surface area contributed by atoms with Crippen LogP contribution in [0.5, 0.6) is 5.88 Å². The molecule has 0 bridgehead atoms. The second-order valence-electron chi connectivity index (χ2n) is 5.28. The zero-order valence-corrected chi connectivity index (χ0v) is 13.2. The van der Waals surface area contributed by atoms with E-state index in [1.807, 2.05) is 19.1 Å². The number of aromatic nitrogens is 1. The molecule has 0 saturated carbocycles. The first-order valence-electron chi connectivity index (χ1n) is 7.31. The van der Waals surface area contributed by atoms with Gasteiger partial charge in [0, 0.05) is 17.0 Å². The van der Waals surface area contributed by atoms with Gasteiger partial charge >= 0.3 is 0 Å². The third-order valence-electron chi connectivity index (χ3n) is 3.81. The van der Waals surface area contributed by atoms with Gasteiger partial charge in [0.2, 0.25) is 0 Å². The van der Waals surface area contributed by atoms with Gasteiger partial charge in [0.1, 0.15) is 7.11 Å². The Morgan fingerprint density at radius 3 is 2.38 bits per heavy atom. The summed E-state index contributed by atoms with van der Waals surface area (Å²) in [7, 11) is 1.21. The predicted octanol–water partition coefficient (Wildman–Crippen LogP) is 1.69. The van der Waals surface area contributed by atoms with Gasteiger partial charge in [-0.15, -0.1) is 0 Å². The fourth-order valence-corrected chi connectivity index (χ4v) is 2.59. The molecule has 1 heterocycles. The normalized spacial score (nSPS) is 10.6. The van der Waals surface area contributed by atoms with Crippen LogP contribution in [0.1, 0.15) is 15.9 Å². The number of carbonyl (C=O) groups excluding carboxylic acids is 1. The van der Waals surface area contributed by atoms with E-state index >= 15 is 0 Å². The van der Waals surface area contributed by atoms with Crippen LogP contribution in [0.3, 0.4) is 0 Å². The quantitative estimate of drug-likeness (QED) is 0.795. The number of fused-ring (bicyclic) bond motifs is 1. The topological polar surface area (TPSA) is 83.4 Å². The van der Waals surface area contributed by atoms with Gasteiger partial charge in [-0.25, -0.2) is 0 Å². The fraction of sp³-hybridized carbons (Fsp3) is 0.111. The number of carbonyl (C=O) groups is 1. The van der Waals surface area contributed by atoms with E-state index in [-0.39, 0.29) is 10.9 Å². The molecule has 0 saturated heterocycles. The first-order valence-corrected chi connectivity index (χ1v) is 7.31. The van der Waals surface area contributed by atoms with Gasteiger partial charge in [-0.05, 0) is 24.6 Å². The maximum Gasteiger partial charge on any atom is 0.290 e. The van der Waals surface area contributed by atoms with E-state index in [1.54, 1.807) is 36.4 Å². The van der Waals surface area contributed by atoms with Gasteiger partial charge in [-0.2, -0.15) is 4.73 Å². The lowest BCUT2D eigenvalue weighted by molar-refractivity contribution is -0.288. The number of pyridine rings is 1. The zero-order valence-electron chi connectivity index (χ0n) is 13.2. The number of amides is 1. The average molecular weight is 323 g/mol. The van der Waals surface area contributed by atoms with E-state index in [0.717, 1.165) is 5.56 Å². The van der Waals surface area contributed by atoms with Gasteiger partial charge in [-0.1, -0.05) is 36.4 Å². The Hall–Kier alpha value is -3.28. The van der Waals surface area contributed by atoms with Crippen molar-refractivity contribution >= 4 is 22.4 Å². The van der Waals surface area contributed by atoms with Crippen molar-refractivity contribution in [3.8, 4) is 5.88 Å².